The summed E-state index contributed by atoms with van der Waals surface area (Å²) in [5.74, 6) is 0.00395. The van der Waals surface area contributed by atoms with Crippen molar-refractivity contribution in [2.24, 2.45) is 0 Å². The van der Waals surface area contributed by atoms with Gasteiger partial charge in [-0.2, -0.15) is 4.98 Å². The van der Waals surface area contributed by atoms with Gasteiger partial charge in [0.05, 0.1) is 12.9 Å². The highest BCUT2D eigenvalue weighted by Gasteiger charge is 2.53. The van der Waals surface area contributed by atoms with E-state index in [0.717, 1.165) is 16.4 Å². The molecule has 0 bridgehead atoms. The number of anilines is 1. The monoisotopic (exact) mass is 447 g/mol. The summed E-state index contributed by atoms with van der Waals surface area (Å²) >= 11 is 0. The topological polar surface area (TPSA) is 153 Å². The molecule has 2 aromatic carbocycles. The lowest BCUT2D eigenvalue weighted by Crippen LogP contribution is -2.44. The van der Waals surface area contributed by atoms with Crippen molar-refractivity contribution >= 4 is 39.1 Å². The molecule has 0 saturated carbocycles. The maximum absolute atomic E-state index is 10.9. The molecule has 33 heavy (non-hydrogen) atoms. The van der Waals surface area contributed by atoms with E-state index in [2.05, 4.69) is 15.0 Å². The van der Waals surface area contributed by atoms with Gasteiger partial charge in [0.15, 0.2) is 11.9 Å². The van der Waals surface area contributed by atoms with Gasteiger partial charge in [0.1, 0.15) is 40.2 Å². The van der Waals surface area contributed by atoms with E-state index in [1.807, 2.05) is 42.5 Å². The molecule has 0 aliphatic carbocycles. The molecule has 1 saturated heterocycles. The van der Waals surface area contributed by atoms with E-state index in [1.165, 1.54) is 17.8 Å². The number of hydrogen-bond acceptors (Lipinski definition) is 9. The first-order valence-electron chi connectivity index (χ1n) is 10.5. The number of nitrogen functional groups attached to an aromatic ring is 1. The van der Waals surface area contributed by atoms with Crippen LogP contribution in [0.4, 0.5) is 5.95 Å². The average molecular weight is 447 g/mol. The Labute approximate surface area is 186 Å². The number of fused-ring (bicyclic) bond motifs is 4. The summed E-state index contributed by atoms with van der Waals surface area (Å²) in [4.78, 5) is 13.3. The highest BCUT2D eigenvalue weighted by atomic mass is 16.6. The predicted molar refractivity (Wildman–Crippen MR) is 120 cm³/mol. The quantitative estimate of drug-likeness (QED) is 0.325. The summed E-state index contributed by atoms with van der Waals surface area (Å²) in [6.07, 6.45) is -1.84. The van der Waals surface area contributed by atoms with Gasteiger partial charge in [-0.25, -0.2) is 9.97 Å². The average Bonchev–Trinajstić information content (AvgIpc) is 3.45. The second kappa shape index (κ2) is 6.96. The molecular formula is C23H21N5O5. The second-order valence-electron chi connectivity index (χ2n) is 8.42. The van der Waals surface area contributed by atoms with E-state index in [1.54, 1.807) is 0 Å². The highest BCUT2D eigenvalue weighted by molar-refractivity contribution is 6.10. The minimum Gasteiger partial charge on any atom is -0.455 e. The number of ether oxygens (including phenoxy) is 1. The van der Waals surface area contributed by atoms with Crippen molar-refractivity contribution in [3.8, 4) is 11.3 Å². The van der Waals surface area contributed by atoms with Gasteiger partial charge < -0.3 is 30.2 Å². The molecule has 4 atom stereocenters. The molecule has 4 heterocycles. The number of nitrogens with two attached hydrogens (primary N) is 1. The van der Waals surface area contributed by atoms with Crippen LogP contribution in [0, 0.1) is 0 Å². The minimum absolute atomic E-state index is 0.00395. The van der Waals surface area contributed by atoms with Crippen molar-refractivity contribution in [3.63, 3.8) is 0 Å². The van der Waals surface area contributed by atoms with E-state index in [4.69, 9.17) is 14.9 Å². The van der Waals surface area contributed by atoms with Crippen LogP contribution in [-0.4, -0.2) is 59.3 Å². The number of furan rings is 1. The van der Waals surface area contributed by atoms with Crippen molar-refractivity contribution in [1.82, 2.24) is 19.5 Å². The molecule has 1 aliphatic heterocycles. The third kappa shape index (κ3) is 2.79. The molecule has 6 rings (SSSR count). The molecule has 5 N–H and O–H groups in total. The zero-order chi connectivity index (χ0) is 22.9. The van der Waals surface area contributed by atoms with Gasteiger partial charge in [-0.15, -0.1) is 0 Å². The van der Waals surface area contributed by atoms with Gasteiger partial charge in [-0.05, 0) is 19.1 Å². The first kappa shape index (κ1) is 20.1. The Balaban J connectivity index is 1.58. The predicted octanol–water partition coefficient (Wildman–Crippen LogP) is 1.98. The molecule has 0 unspecified atom stereocenters. The van der Waals surface area contributed by atoms with Crippen LogP contribution in [0.3, 0.4) is 0 Å². The Morgan fingerprint density at radius 2 is 1.91 bits per heavy atom. The van der Waals surface area contributed by atoms with Crippen LogP contribution >= 0.6 is 0 Å². The number of nitrogens with zero attached hydrogens (tertiary/aromatic N) is 4. The van der Waals surface area contributed by atoms with Crippen molar-refractivity contribution in [3.05, 3.63) is 48.8 Å². The maximum Gasteiger partial charge on any atom is 0.222 e. The van der Waals surface area contributed by atoms with E-state index >= 15 is 0 Å². The molecule has 1 fully saturated rings. The smallest absolute Gasteiger partial charge is 0.222 e. The van der Waals surface area contributed by atoms with Crippen molar-refractivity contribution in [2.75, 3.05) is 12.3 Å². The summed E-state index contributed by atoms with van der Waals surface area (Å²) in [6.45, 7) is 0.987. The van der Waals surface area contributed by atoms with Gasteiger partial charge in [-0.1, -0.05) is 30.3 Å². The van der Waals surface area contributed by atoms with Gasteiger partial charge in [-0.3, -0.25) is 4.57 Å². The number of aliphatic hydroxyl groups is 3. The van der Waals surface area contributed by atoms with Crippen LogP contribution < -0.4 is 5.73 Å². The summed E-state index contributed by atoms with van der Waals surface area (Å²) in [7, 11) is 0. The minimum atomic E-state index is -1.69. The van der Waals surface area contributed by atoms with Crippen LogP contribution in [0.2, 0.25) is 0 Å². The molecule has 168 valence electrons. The second-order valence-corrected chi connectivity index (χ2v) is 8.42. The molecule has 0 radical (unpaired) electrons. The Morgan fingerprint density at radius 3 is 2.70 bits per heavy atom. The first-order valence-corrected chi connectivity index (χ1v) is 10.5. The Morgan fingerprint density at radius 1 is 1.12 bits per heavy atom. The molecule has 0 spiro atoms. The number of benzene rings is 2. The summed E-state index contributed by atoms with van der Waals surface area (Å²) in [6, 6.07) is 13.5. The van der Waals surface area contributed by atoms with Gasteiger partial charge in [0, 0.05) is 16.3 Å². The summed E-state index contributed by atoms with van der Waals surface area (Å²) in [5, 5.41) is 32.7. The van der Waals surface area contributed by atoms with Crippen molar-refractivity contribution in [1.29, 1.82) is 0 Å². The van der Waals surface area contributed by atoms with Crippen LogP contribution in [-0.2, 0) is 4.74 Å². The van der Waals surface area contributed by atoms with Gasteiger partial charge in [0.2, 0.25) is 5.95 Å². The van der Waals surface area contributed by atoms with Gasteiger partial charge in [0.25, 0.3) is 0 Å². The van der Waals surface area contributed by atoms with Crippen molar-refractivity contribution < 1.29 is 24.5 Å². The molecule has 3 aromatic heterocycles. The standard InChI is InChI=1S/C23H21N5O5/c1-23(31)19(30)15(9-29)33-21(23)28-10-25-17-16(26-22(24)27-20(17)28)13-7-4-6-12-11-5-2-3-8-14(11)32-18(12)13/h2-8,10,15,19,21,29-31H,9H2,1H3,(H2,24,26,27)/t15-,19-,21-,23-/m1/s1. The third-order valence-electron chi connectivity index (χ3n) is 6.29. The number of aromatic nitrogens is 4. The van der Waals surface area contributed by atoms with E-state index in [0.29, 0.717) is 28.0 Å². The lowest BCUT2D eigenvalue weighted by Gasteiger charge is -2.27. The summed E-state index contributed by atoms with van der Waals surface area (Å²) in [5.41, 5.74) is 7.69. The number of hydrogen-bond donors (Lipinski definition) is 4. The highest BCUT2D eigenvalue weighted by Crippen LogP contribution is 2.41. The fourth-order valence-corrected chi connectivity index (χ4v) is 4.62. The lowest BCUT2D eigenvalue weighted by molar-refractivity contribution is -0.0950. The van der Waals surface area contributed by atoms with E-state index in [9.17, 15) is 15.3 Å². The number of para-hydroxylation sites is 2. The molecular weight excluding hydrogens is 426 g/mol. The largest absolute Gasteiger partial charge is 0.455 e. The maximum atomic E-state index is 10.9. The molecule has 5 aromatic rings. The first-order chi connectivity index (χ1) is 15.9. The molecule has 1 aliphatic rings. The fraction of sp³-hybridized carbons (Fsp3) is 0.261. The SMILES string of the molecule is C[C@@]1(O)[C@H](O)[C@@H](CO)O[C@H]1n1cnc2c(-c3cccc4c3oc3ccccc34)nc(N)nc21. The number of imidazole rings is 1. The van der Waals surface area contributed by atoms with Crippen LogP contribution in [0.5, 0.6) is 0 Å². The summed E-state index contributed by atoms with van der Waals surface area (Å²) < 4.78 is 13.4. The number of aliphatic hydroxyl groups excluding tert-OH is 2. The lowest BCUT2D eigenvalue weighted by atomic mass is 9.96. The van der Waals surface area contributed by atoms with Crippen molar-refractivity contribution in [2.45, 2.75) is 31.0 Å². The Hall–Kier alpha value is -3.57. The Kier molecular flexibility index (Phi) is 4.23. The third-order valence-corrected chi connectivity index (χ3v) is 6.29. The van der Waals surface area contributed by atoms with E-state index < -0.39 is 30.6 Å². The van der Waals surface area contributed by atoms with E-state index in [-0.39, 0.29) is 5.95 Å². The van der Waals surface area contributed by atoms with Crippen LogP contribution in [0.25, 0.3) is 44.4 Å². The zero-order valence-electron chi connectivity index (χ0n) is 17.6. The Bertz CT molecular complexity index is 1520. The fourth-order valence-electron chi connectivity index (χ4n) is 4.62. The molecule has 10 nitrogen and oxygen atoms in total. The molecule has 0 amide bonds. The number of rotatable bonds is 3. The van der Waals surface area contributed by atoms with Crippen LogP contribution in [0.15, 0.2) is 53.2 Å². The van der Waals surface area contributed by atoms with Crippen LogP contribution in [0.1, 0.15) is 13.2 Å². The normalized spacial score (nSPS) is 25.5. The zero-order valence-corrected chi connectivity index (χ0v) is 17.6. The molecule has 10 heteroatoms. The van der Waals surface area contributed by atoms with Gasteiger partial charge >= 0.3 is 0 Å².